The second kappa shape index (κ2) is 9.72. The van der Waals surface area contributed by atoms with Gasteiger partial charge in [-0.25, -0.2) is 0 Å². The largest absolute Gasteiger partial charge is 0.493 e. The molecule has 1 saturated heterocycles. The number of benzene rings is 1. The Bertz CT molecular complexity index is 771. The topological polar surface area (TPSA) is 80.6 Å². The number of methoxy groups -OCH3 is 1. The van der Waals surface area contributed by atoms with Gasteiger partial charge in [-0.15, -0.1) is 6.42 Å². The quantitative estimate of drug-likeness (QED) is 0.450. The van der Waals surface area contributed by atoms with Crippen LogP contribution in [-0.2, 0) is 9.53 Å². The molecule has 6 nitrogen and oxygen atoms in total. The van der Waals surface area contributed by atoms with Crippen molar-refractivity contribution in [1.29, 1.82) is 5.26 Å². The second-order valence-electron chi connectivity index (χ2n) is 5.54. The van der Waals surface area contributed by atoms with Gasteiger partial charge in [0.2, 0.25) is 0 Å². The fraction of sp³-hybridized carbons (Fsp3) is 0.368. The summed E-state index contributed by atoms with van der Waals surface area (Å²) in [5.74, 6) is 2.55. The monoisotopic (exact) mass is 374 g/mol. The number of halogens is 1. The first-order chi connectivity index (χ1) is 12.6. The van der Waals surface area contributed by atoms with Crippen molar-refractivity contribution in [3.8, 4) is 29.9 Å². The van der Waals surface area contributed by atoms with E-state index in [1.165, 1.54) is 13.2 Å². The van der Waals surface area contributed by atoms with Crippen molar-refractivity contribution in [2.24, 2.45) is 0 Å². The molecular weight excluding hydrogens is 356 g/mol. The van der Waals surface area contributed by atoms with Crippen molar-refractivity contribution in [3.05, 3.63) is 28.3 Å². The molecule has 136 valence electrons. The summed E-state index contributed by atoms with van der Waals surface area (Å²) in [5, 5.41) is 12.3. The van der Waals surface area contributed by atoms with Gasteiger partial charge in [0.05, 0.1) is 18.2 Å². The SMILES string of the molecule is C#CCOc1c(Cl)cc(/C=C(\C#N)C(=O)NC[C@H]2CCCO2)cc1OC. The molecule has 1 fully saturated rings. The molecule has 2 rings (SSSR count). The van der Waals surface area contributed by atoms with E-state index in [2.05, 4.69) is 11.2 Å². The zero-order valence-corrected chi connectivity index (χ0v) is 15.1. The smallest absolute Gasteiger partial charge is 0.262 e. The maximum absolute atomic E-state index is 12.2. The normalized spacial score (nSPS) is 16.5. The van der Waals surface area contributed by atoms with Crippen LogP contribution in [0.1, 0.15) is 18.4 Å². The van der Waals surface area contributed by atoms with E-state index < -0.39 is 5.91 Å². The predicted octanol–water partition coefficient (Wildman–Crippen LogP) is 2.56. The van der Waals surface area contributed by atoms with Crippen molar-refractivity contribution < 1.29 is 19.0 Å². The number of carbonyl (C=O) groups is 1. The number of ether oxygens (including phenoxy) is 3. The van der Waals surface area contributed by atoms with Gasteiger partial charge < -0.3 is 19.5 Å². The lowest BCUT2D eigenvalue weighted by Gasteiger charge is -2.12. The zero-order chi connectivity index (χ0) is 18.9. The molecule has 7 heteroatoms. The molecule has 0 aromatic heterocycles. The predicted molar refractivity (Wildman–Crippen MR) is 97.9 cm³/mol. The summed E-state index contributed by atoms with van der Waals surface area (Å²) in [4.78, 5) is 12.2. The third-order valence-electron chi connectivity index (χ3n) is 3.74. The summed E-state index contributed by atoms with van der Waals surface area (Å²) in [5.41, 5.74) is 0.488. The number of amides is 1. The first-order valence-corrected chi connectivity index (χ1v) is 8.42. The molecule has 1 aliphatic heterocycles. The Morgan fingerprint density at radius 1 is 1.58 bits per heavy atom. The maximum Gasteiger partial charge on any atom is 0.262 e. The van der Waals surface area contributed by atoms with E-state index >= 15 is 0 Å². The Balaban J connectivity index is 2.16. The minimum Gasteiger partial charge on any atom is -0.493 e. The van der Waals surface area contributed by atoms with Crippen LogP contribution < -0.4 is 14.8 Å². The van der Waals surface area contributed by atoms with Crippen molar-refractivity contribution in [2.75, 3.05) is 26.9 Å². The van der Waals surface area contributed by atoms with Gasteiger partial charge in [0.15, 0.2) is 11.5 Å². The van der Waals surface area contributed by atoms with E-state index in [9.17, 15) is 10.1 Å². The summed E-state index contributed by atoms with van der Waals surface area (Å²) < 4.78 is 16.1. The van der Waals surface area contributed by atoms with E-state index in [-0.39, 0.29) is 23.3 Å². The molecule has 0 unspecified atom stereocenters. The zero-order valence-electron chi connectivity index (χ0n) is 14.4. The van der Waals surface area contributed by atoms with Crippen molar-refractivity contribution in [1.82, 2.24) is 5.32 Å². The summed E-state index contributed by atoms with van der Waals surface area (Å²) in [6.07, 6.45) is 8.50. The Labute approximate surface area is 157 Å². The van der Waals surface area contributed by atoms with Crippen LogP contribution in [0.5, 0.6) is 11.5 Å². The van der Waals surface area contributed by atoms with Crippen molar-refractivity contribution in [2.45, 2.75) is 18.9 Å². The standard InChI is InChI=1S/C19H19ClN2O4/c1-3-6-26-18-16(20)9-13(10-17(18)24-2)8-14(11-21)19(23)22-12-15-5-4-7-25-15/h1,8-10,15H,4-7,12H2,2H3,(H,22,23)/b14-8+/t15-/m1/s1. The molecule has 0 spiro atoms. The fourth-order valence-electron chi connectivity index (χ4n) is 2.50. The highest BCUT2D eigenvalue weighted by atomic mass is 35.5. The molecule has 1 heterocycles. The van der Waals surface area contributed by atoms with Crippen LogP contribution in [0.15, 0.2) is 17.7 Å². The summed E-state index contributed by atoms with van der Waals surface area (Å²) in [7, 11) is 1.46. The first kappa shape index (κ1) is 19.7. The van der Waals surface area contributed by atoms with Gasteiger partial charge in [0, 0.05) is 13.2 Å². The number of carbonyl (C=O) groups excluding carboxylic acids is 1. The van der Waals surface area contributed by atoms with Crippen molar-refractivity contribution >= 4 is 23.6 Å². The van der Waals surface area contributed by atoms with Gasteiger partial charge in [0.1, 0.15) is 18.2 Å². The summed E-state index contributed by atoms with van der Waals surface area (Å²) in [6.45, 7) is 1.12. The third-order valence-corrected chi connectivity index (χ3v) is 4.02. The number of nitrogens with zero attached hydrogens (tertiary/aromatic N) is 1. The molecule has 0 radical (unpaired) electrons. The highest BCUT2D eigenvalue weighted by Crippen LogP contribution is 2.37. The summed E-state index contributed by atoms with van der Waals surface area (Å²) >= 11 is 6.20. The molecule has 0 saturated carbocycles. The van der Waals surface area contributed by atoms with Gasteiger partial charge in [-0.05, 0) is 36.6 Å². The van der Waals surface area contributed by atoms with E-state index in [4.69, 9.17) is 32.2 Å². The first-order valence-electron chi connectivity index (χ1n) is 8.04. The molecule has 1 amide bonds. The molecule has 0 bridgehead atoms. The van der Waals surface area contributed by atoms with Gasteiger partial charge >= 0.3 is 0 Å². The maximum atomic E-state index is 12.2. The average molecular weight is 375 g/mol. The average Bonchev–Trinajstić information content (AvgIpc) is 3.16. The van der Waals surface area contributed by atoms with E-state index in [0.29, 0.717) is 30.2 Å². The number of hydrogen-bond acceptors (Lipinski definition) is 5. The van der Waals surface area contributed by atoms with Crippen LogP contribution >= 0.6 is 11.6 Å². The van der Waals surface area contributed by atoms with Crippen LogP contribution in [0, 0.1) is 23.7 Å². The van der Waals surface area contributed by atoms with Gasteiger partial charge in [0.25, 0.3) is 5.91 Å². The Kier molecular flexibility index (Phi) is 7.35. The minimum absolute atomic E-state index is 0.000943. The van der Waals surface area contributed by atoms with E-state index in [0.717, 1.165) is 12.8 Å². The van der Waals surface area contributed by atoms with Gasteiger partial charge in [-0.2, -0.15) is 5.26 Å². The van der Waals surface area contributed by atoms with Crippen LogP contribution in [0.4, 0.5) is 0 Å². The number of nitriles is 1. The third kappa shape index (κ3) is 5.16. The Morgan fingerprint density at radius 3 is 3.00 bits per heavy atom. The molecule has 1 N–H and O–H groups in total. The van der Waals surface area contributed by atoms with Crippen LogP contribution in [-0.4, -0.2) is 38.9 Å². The second-order valence-corrected chi connectivity index (χ2v) is 5.95. The van der Waals surface area contributed by atoms with Crippen LogP contribution in [0.3, 0.4) is 0 Å². The highest BCUT2D eigenvalue weighted by molar-refractivity contribution is 6.32. The lowest BCUT2D eigenvalue weighted by atomic mass is 10.1. The minimum atomic E-state index is -0.467. The molecule has 1 atom stereocenters. The van der Waals surface area contributed by atoms with Crippen molar-refractivity contribution in [3.63, 3.8) is 0 Å². The van der Waals surface area contributed by atoms with E-state index in [1.54, 1.807) is 12.1 Å². The molecule has 1 aromatic carbocycles. The number of rotatable bonds is 7. The molecule has 26 heavy (non-hydrogen) atoms. The van der Waals surface area contributed by atoms with Gasteiger partial charge in [-0.1, -0.05) is 17.5 Å². The number of nitrogens with one attached hydrogen (secondary N) is 1. The highest BCUT2D eigenvalue weighted by Gasteiger charge is 2.18. The van der Waals surface area contributed by atoms with Crippen LogP contribution in [0.25, 0.3) is 6.08 Å². The lowest BCUT2D eigenvalue weighted by molar-refractivity contribution is -0.117. The van der Waals surface area contributed by atoms with Crippen LogP contribution in [0.2, 0.25) is 5.02 Å². The Morgan fingerprint density at radius 2 is 2.38 bits per heavy atom. The molecule has 0 aliphatic carbocycles. The fourth-order valence-corrected chi connectivity index (χ4v) is 2.77. The number of hydrogen-bond donors (Lipinski definition) is 1. The molecular formula is C19H19ClN2O4. The summed E-state index contributed by atoms with van der Waals surface area (Å²) in [6, 6.07) is 5.08. The number of terminal acetylenes is 1. The lowest BCUT2D eigenvalue weighted by Crippen LogP contribution is -2.32. The Hall–Kier alpha value is -2.67. The van der Waals surface area contributed by atoms with E-state index in [1.807, 2.05) is 6.07 Å². The molecule has 1 aliphatic rings. The molecule has 1 aromatic rings. The van der Waals surface area contributed by atoms with Gasteiger partial charge in [-0.3, -0.25) is 4.79 Å².